The first-order chi connectivity index (χ1) is 8.08. The van der Waals surface area contributed by atoms with Crippen molar-refractivity contribution in [3.8, 4) is 0 Å². The molecular weight excluding hydrogens is 238 g/mol. The van der Waals surface area contributed by atoms with E-state index in [1.165, 1.54) is 0 Å². The molecule has 0 saturated carbocycles. The number of halogens is 1. The number of pyridine rings is 1. The maximum atomic E-state index is 11.9. The number of carbonyl (C=O) groups is 1. The quantitative estimate of drug-likeness (QED) is 0.832. The van der Waals surface area contributed by atoms with Gasteiger partial charge in [-0.3, -0.25) is 4.79 Å². The van der Waals surface area contributed by atoms with Gasteiger partial charge in [-0.05, 0) is 31.2 Å². The molecule has 0 atom stereocenters. The molecule has 0 fully saturated rings. The van der Waals surface area contributed by atoms with Crippen LogP contribution in [0.5, 0.6) is 0 Å². The number of aromatic nitrogens is 2. The fourth-order valence-electron chi connectivity index (χ4n) is 1.50. The lowest BCUT2D eigenvalue weighted by Gasteiger charge is -2.06. The lowest BCUT2D eigenvalue weighted by Crippen LogP contribution is -2.16. The molecule has 0 bridgehead atoms. The largest absolute Gasteiger partial charge is 0.344 e. The molecule has 0 aliphatic carbocycles. The van der Waals surface area contributed by atoms with Crippen LogP contribution in [-0.2, 0) is 7.05 Å². The van der Waals surface area contributed by atoms with Gasteiger partial charge in [-0.15, -0.1) is 0 Å². The van der Waals surface area contributed by atoms with E-state index in [0.717, 1.165) is 5.69 Å². The van der Waals surface area contributed by atoms with Gasteiger partial charge >= 0.3 is 0 Å². The van der Waals surface area contributed by atoms with Gasteiger partial charge in [0, 0.05) is 12.7 Å². The summed E-state index contributed by atoms with van der Waals surface area (Å²) in [6.45, 7) is 1.94. The summed E-state index contributed by atoms with van der Waals surface area (Å²) in [7, 11) is 1.84. The molecule has 0 aromatic carbocycles. The number of anilines is 1. The molecule has 2 aromatic heterocycles. The van der Waals surface area contributed by atoms with Crippen LogP contribution in [0.1, 0.15) is 16.2 Å². The van der Waals surface area contributed by atoms with Crippen LogP contribution in [-0.4, -0.2) is 15.5 Å². The van der Waals surface area contributed by atoms with E-state index in [4.69, 9.17) is 11.6 Å². The molecule has 0 aliphatic rings. The SMILES string of the molecule is Cc1ccc(C(=O)Nc2cccc(Cl)n2)n1C. The maximum Gasteiger partial charge on any atom is 0.273 e. The number of hydrogen-bond donors (Lipinski definition) is 1. The summed E-state index contributed by atoms with van der Waals surface area (Å²) in [4.78, 5) is 15.9. The molecule has 2 aromatic rings. The topological polar surface area (TPSA) is 46.9 Å². The van der Waals surface area contributed by atoms with Gasteiger partial charge in [0.1, 0.15) is 16.7 Å². The van der Waals surface area contributed by atoms with Crippen LogP contribution in [0.3, 0.4) is 0 Å². The first kappa shape index (κ1) is 11.7. The van der Waals surface area contributed by atoms with E-state index < -0.39 is 0 Å². The second-order valence-corrected chi connectivity index (χ2v) is 4.11. The molecule has 2 heterocycles. The Balaban J connectivity index is 2.20. The van der Waals surface area contributed by atoms with Crippen molar-refractivity contribution in [2.75, 3.05) is 5.32 Å². The van der Waals surface area contributed by atoms with Gasteiger partial charge in [0.05, 0.1) is 0 Å². The van der Waals surface area contributed by atoms with E-state index in [9.17, 15) is 4.79 Å². The third-order valence-electron chi connectivity index (χ3n) is 2.56. The van der Waals surface area contributed by atoms with Crippen molar-refractivity contribution < 1.29 is 4.79 Å². The van der Waals surface area contributed by atoms with Crippen LogP contribution in [0.2, 0.25) is 5.15 Å². The summed E-state index contributed by atoms with van der Waals surface area (Å²) in [6, 6.07) is 8.75. The number of nitrogens with zero attached hydrogens (tertiary/aromatic N) is 2. The monoisotopic (exact) mass is 249 g/mol. The van der Waals surface area contributed by atoms with Crippen LogP contribution in [0.4, 0.5) is 5.82 Å². The Morgan fingerprint density at radius 2 is 2.12 bits per heavy atom. The summed E-state index contributed by atoms with van der Waals surface area (Å²) >= 11 is 5.74. The molecule has 0 saturated heterocycles. The number of rotatable bonds is 2. The minimum Gasteiger partial charge on any atom is -0.344 e. The van der Waals surface area contributed by atoms with Crippen molar-refractivity contribution in [1.82, 2.24) is 9.55 Å². The number of nitrogens with one attached hydrogen (secondary N) is 1. The Kier molecular flexibility index (Phi) is 3.15. The van der Waals surface area contributed by atoms with E-state index in [2.05, 4.69) is 10.3 Å². The molecule has 5 heteroatoms. The molecule has 4 nitrogen and oxygen atoms in total. The summed E-state index contributed by atoms with van der Waals surface area (Å²) in [5, 5.41) is 3.05. The van der Waals surface area contributed by atoms with Gasteiger partial charge in [0.25, 0.3) is 5.91 Å². The van der Waals surface area contributed by atoms with Crippen LogP contribution in [0.15, 0.2) is 30.3 Å². The molecule has 17 heavy (non-hydrogen) atoms. The zero-order chi connectivity index (χ0) is 12.4. The van der Waals surface area contributed by atoms with Crippen molar-refractivity contribution >= 4 is 23.3 Å². The third-order valence-corrected chi connectivity index (χ3v) is 2.77. The summed E-state index contributed by atoms with van der Waals surface area (Å²) in [6.07, 6.45) is 0. The standard InChI is InChI=1S/C12H12ClN3O/c1-8-6-7-9(16(8)2)12(17)15-11-5-3-4-10(13)14-11/h3-7H,1-2H3,(H,14,15,17). The highest BCUT2D eigenvalue weighted by Crippen LogP contribution is 2.12. The highest BCUT2D eigenvalue weighted by Gasteiger charge is 2.11. The predicted molar refractivity (Wildman–Crippen MR) is 67.4 cm³/mol. The minimum atomic E-state index is -0.199. The van der Waals surface area contributed by atoms with Crippen molar-refractivity contribution in [2.24, 2.45) is 7.05 Å². The fraction of sp³-hybridized carbons (Fsp3) is 0.167. The lowest BCUT2D eigenvalue weighted by atomic mass is 10.4. The predicted octanol–water partition coefficient (Wildman–Crippen LogP) is 2.63. The molecule has 1 amide bonds. The molecule has 0 aliphatic heterocycles. The molecule has 0 unspecified atom stereocenters. The molecular formula is C12H12ClN3O. The van der Waals surface area contributed by atoms with E-state index in [-0.39, 0.29) is 5.91 Å². The van der Waals surface area contributed by atoms with E-state index in [1.807, 2.05) is 24.6 Å². The average molecular weight is 250 g/mol. The Bertz CT molecular complexity index is 563. The summed E-state index contributed by atoms with van der Waals surface area (Å²) < 4.78 is 1.82. The lowest BCUT2D eigenvalue weighted by molar-refractivity contribution is 0.101. The van der Waals surface area contributed by atoms with Crippen LogP contribution in [0.25, 0.3) is 0 Å². The van der Waals surface area contributed by atoms with Crippen molar-refractivity contribution in [2.45, 2.75) is 6.92 Å². The van der Waals surface area contributed by atoms with Gasteiger partial charge in [-0.1, -0.05) is 17.7 Å². The number of amides is 1. The zero-order valence-electron chi connectivity index (χ0n) is 9.57. The second kappa shape index (κ2) is 4.59. The van der Waals surface area contributed by atoms with Crippen molar-refractivity contribution in [1.29, 1.82) is 0 Å². The van der Waals surface area contributed by atoms with Crippen molar-refractivity contribution in [3.05, 3.63) is 46.9 Å². The van der Waals surface area contributed by atoms with Gasteiger partial charge in [0.15, 0.2) is 0 Å². The van der Waals surface area contributed by atoms with Gasteiger partial charge in [-0.2, -0.15) is 0 Å². The molecule has 2 rings (SSSR count). The zero-order valence-corrected chi connectivity index (χ0v) is 10.3. The minimum absolute atomic E-state index is 0.199. The van der Waals surface area contributed by atoms with Gasteiger partial charge in [-0.25, -0.2) is 4.98 Å². The van der Waals surface area contributed by atoms with Crippen LogP contribution >= 0.6 is 11.6 Å². The fourth-order valence-corrected chi connectivity index (χ4v) is 1.66. The first-order valence-corrected chi connectivity index (χ1v) is 5.52. The van der Waals surface area contributed by atoms with Gasteiger partial charge in [0.2, 0.25) is 0 Å². The molecule has 0 spiro atoms. The summed E-state index contributed by atoms with van der Waals surface area (Å²) in [5.41, 5.74) is 1.61. The van der Waals surface area contributed by atoms with E-state index in [0.29, 0.717) is 16.7 Å². The van der Waals surface area contributed by atoms with E-state index in [1.54, 1.807) is 24.3 Å². The van der Waals surface area contributed by atoms with Crippen molar-refractivity contribution in [3.63, 3.8) is 0 Å². The Hall–Kier alpha value is -1.81. The third kappa shape index (κ3) is 2.47. The number of hydrogen-bond acceptors (Lipinski definition) is 2. The first-order valence-electron chi connectivity index (χ1n) is 5.14. The smallest absolute Gasteiger partial charge is 0.273 e. The second-order valence-electron chi connectivity index (χ2n) is 3.72. The molecule has 1 N–H and O–H groups in total. The number of carbonyl (C=O) groups excluding carboxylic acids is 1. The highest BCUT2D eigenvalue weighted by atomic mass is 35.5. The van der Waals surface area contributed by atoms with Crippen LogP contribution in [0, 0.1) is 6.92 Å². The maximum absolute atomic E-state index is 11.9. The average Bonchev–Trinajstić information content (AvgIpc) is 2.60. The normalized spacial score (nSPS) is 10.3. The van der Waals surface area contributed by atoms with E-state index >= 15 is 0 Å². The summed E-state index contributed by atoms with van der Waals surface area (Å²) in [5.74, 6) is 0.247. The van der Waals surface area contributed by atoms with Crippen LogP contribution < -0.4 is 5.32 Å². The Morgan fingerprint density at radius 1 is 1.35 bits per heavy atom. The molecule has 88 valence electrons. The number of aryl methyl sites for hydroxylation is 1. The molecule has 0 radical (unpaired) electrons. The Morgan fingerprint density at radius 3 is 2.71 bits per heavy atom. The van der Waals surface area contributed by atoms with Gasteiger partial charge < -0.3 is 9.88 Å². The Labute approximate surface area is 104 Å². The highest BCUT2D eigenvalue weighted by molar-refractivity contribution is 6.29.